The lowest BCUT2D eigenvalue weighted by Gasteiger charge is -2.13. The molecule has 0 aliphatic carbocycles. The largest absolute Gasteiger partial charge is 0.464 e. The number of aliphatic hydroxyl groups excluding tert-OH is 1. The number of nitrogens with one attached hydrogen (secondary N) is 1. The first kappa shape index (κ1) is 15.2. The molecule has 0 rings (SSSR count). The second-order valence-corrected chi connectivity index (χ2v) is 3.05. The van der Waals surface area contributed by atoms with Gasteiger partial charge in [0.2, 0.25) is 0 Å². The molecular weight excluding hydrogens is 224 g/mol. The molecule has 0 unspecified atom stereocenters. The minimum Gasteiger partial charge on any atom is -0.464 e. The van der Waals surface area contributed by atoms with Crippen molar-refractivity contribution in [1.82, 2.24) is 5.32 Å². The standard InChI is InChI=1S/C9H17F2NO4/c1-2-16-8(14)5-15-4-3-12-6-9(10,11)7-13/h12-13H,2-7H2,1H3. The van der Waals surface area contributed by atoms with Crippen LogP contribution in [0.2, 0.25) is 0 Å². The van der Waals surface area contributed by atoms with Crippen LogP contribution in [0.1, 0.15) is 6.92 Å². The van der Waals surface area contributed by atoms with Gasteiger partial charge in [-0.2, -0.15) is 0 Å². The molecule has 5 nitrogen and oxygen atoms in total. The van der Waals surface area contributed by atoms with E-state index in [1.54, 1.807) is 6.92 Å². The number of rotatable bonds is 9. The molecule has 0 aromatic heterocycles. The van der Waals surface area contributed by atoms with E-state index < -0.39 is 25.0 Å². The number of aliphatic hydroxyl groups is 1. The van der Waals surface area contributed by atoms with E-state index in [0.717, 1.165) is 0 Å². The van der Waals surface area contributed by atoms with Crippen molar-refractivity contribution in [3.63, 3.8) is 0 Å². The van der Waals surface area contributed by atoms with Gasteiger partial charge < -0.3 is 19.9 Å². The fourth-order valence-corrected chi connectivity index (χ4v) is 0.830. The highest BCUT2D eigenvalue weighted by atomic mass is 19.3. The number of hydrogen-bond donors (Lipinski definition) is 2. The lowest BCUT2D eigenvalue weighted by atomic mass is 10.3. The lowest BCUT2D eigenvalue weighted by molar-refractivity contribution is -0.148. The molecule has 0 heterocycles. The third-order valence-corrected chi connectivity index (χ3v) is 1.56. The summed E-state index contributed by atoms with van der Waals surface area (Å²) in [6, 6.07) is 0. The van der Waals surface area contributed by atoms with Gasteiger partial charge in [-0.05, 0) is 6.92 Å². The maximum absolute atomic E-state index is 12.5. The molecule has 0 atom stereocenters. The zero-order chi connectivity index (χ0) is 12.4. The Hall–Kier alpha value is -0.790. The minimum absolute atomic E-state index is 0.125. The molecular formula is C9H17F2NO4. The molecule has 0 aliphatic heterocycles. The summed E-state index contributed by atoms with van der Waals surface area (Å²) in [7, 11) is 0. The summed E-state index contributed by atoms with van der Waals surface area (Å²) in [6.07, 6.45) is 0. The molecule has 0 aromatic rings. The maximum atomic E-state index is 12.5. The Morgan fingerprint density at radius 3 is 2.75 bits per heavy atom. The summed E-state index contributed by atoms with van der Waals surface area (Å²) in [5.74, 6) is -3.61. The first-order chi connectivity index (χ1) is 7.52. The van der Waals surface area contributed by atoms with Crippen LogP contribution in [0.25, 0.3) is 0 Å². The molecule has 0 radical (unpaired) electrons. The predicted molar refractivity (Wildman–Crippen MR) is 52.4 cm³/mol. The van der Waals surface area contributed by atoms with E-state index in [1.807, 2.05) is 0 Å². The van der Waals surface area contributed by atoms with Crippen molar-refractivity contribution in [2.24, 2.45) is 0 Å². The van der Waals surface area contributed by atoms with Crippen LogP contribution in [0.5, 0.6) is 0 Å². The minimum atomic E-state index is -3.12. The van der Waals surface area contributed by atoms with Gasteiger partial charge in [0.1, 0.15) is 13.2 Å². The Morgan fingerprint density at radius 2 is 2.19 bits per heavy atom. The first-order valence-electron chi connectivity index (χ1n) is 4.94. The van der Waals surface area contributed by atoms with Gasteiger partial charge in [0.05, 0.1) is 19.8 Å². The molecule has 0 spiro atoms. The second-order valence-electron chi connectivity index (χ2n) is 3.05. The Bertz CT molecular complexity index is 202. The van der Waals surface area contributed by atoms with Crippen LogP contribution in [-0.2, 0) is 14.3 Å². The average Bonchev–Trinajstić information content (AvgIpc) is 2.23. The summed E-state index contributed by atoms with van der Waals surface area (Å²) in [6.45, 7) is 0.261. The molecule has 96 valence electrons. The van der Waals surface area contributed by atoms with Crippen molar-refractivity contribution in [2.75, 3.05) is 39.5 Å². The van der Waals surface area contributed by atoms with Crippen molar-refractivity contribution in [2.45, 2.75) is 12.8 Å². The summed E-state index contributed by atoms with van der Waals surface area (Å²) < 4.78 is 34.4. The smallest absolute Gasteiger partial charge is 0.332 e. The summed E-state index contributed by atoms with van der Waals surface area (Å²) >= 11 is 0. The zero-order valence-corrected chi connectivity index (χ0v) is 9.17. The van der Waals surface area contributed by atoms with Crippen LogP contribution < -0.4 is 5.32 Å². The van der Waals surface area contributed by atoms with Gasteiger partial charge in [-0.3, -0.25) is 0 Å². The second kappa shape index (κ2) is 8.37. The predicted octanol–water partition coefficient (Wildman–Crippen LogP) is -0.217. The molecule has 16 heavy (non-hydrogen) atoms. The number of ether oxygens (including phenoxy) is 2. The third-order valence-electron chi connectivity index (χ3n) is 1.56. The van der Waals surface area contributed by atoms with E-state index in [0.29, 0.717) is 0 Å². The van der Waals surface area contributed by atoms with E-state index in [4.69, 9.17) is 9.84 Å². The SMILES string of the molecule is CCOC(=O)COCCNCC(F)(F)CO. The highest BCUT2D eigenvalue weighted by Crippen LogP contribution is 2.09. The molecule has 0 amide bonds. The quantitative estimate of drug-likeness (QED) is 0.431. The fourth-order valence-electron chi connectivity index (χ4n) is 0.830. The van der Waals surface area contributed by atoms with Crippen molar-refractivity contribution in [3.05, 3.63) is 0 Å². The summed E-state index contributed by atoms with van der Waals surface area (Å²) in [5, 5.41) is 10.6. The topological polar surface area (TPSA) is 67.8 Å². The van der Waals surface area contributed by atoms with Gasteiger partial charge in [0.25, 0.3) is 5.92 Å². The van der Waals surface area contributed by atoms with Crippen LogP contribution in [0.15, 0.2) is 0 Å². The lowest BCUT2D eigenvalue weighted by Crippen LogP contribution is -2.37. The molecule has 2 N–H and O–H groups in total. The summed E-state index contributed by atoms with van der Waals surface area (Å²) in [4.78, 5) is 10.8. The highest BCUT2D eigenvalue weighted by Gasteiger charge is 2.26. The molecule has 0 saturated carbocycles. The number of alkyl halides is 2. The van der Waals surface area contributed by atoms with Gasteiger partial charge in [0, 0.05) is 6.54 Å². The van der Waals surface area contributed by atoms with Crippen LogP contribution >= 0.6 is 0 Å². The van der Waals surface area contributed by atoms with Crippen LogP contribution in [0, 0.1) is 0 Å². The van der Waals surface area contributed by atoms with E-state index in [9.17, 15) is 13.6 Å². The van der Waals surface area contributed by atoms with Crippen molar-refractivity contribution in [3.8, 4) is 0 Å². The van der Waals surface area contributed by atoms with Gasteiger partial charge in [-0.1, -0.05) is 0 Å². The molecule has 0 fully saturated rings. The Balaban J connectivity index is 3.31. The van der Waals surface area contributed by atoms with E-state index in [-0.39, 0.29) is 26.4 Å². The highest BCUT2D eigenvalue weighted by molar-refractivity contribution is 5.70. The molecule has 0 aliphatic rings. The maximum Gasteiger partial charge on any atom is 0.332 e. The van der Waals surface area contributed by atoms with Gasteiger partial charge in [-0.15, -0.1) is 0 Å². The third kappa shape index (κ3) is 8.51. The number of carbonyl (C=O) groups excluding carboxylic acids is 1. The normalized spacial score (nSPS) is 11.5. The average molecular weight is 241 g/mol. The monoisotopic (exact) mass is 241 g/mol. The molecule has 7 heteroatoms. The van der Waals surface area contributed by atoms with E-state index in [2.05, 4.69) is 10.1 Å². The first-order valence-corrected chi connectivity index (χ1v) is 4.94. The van der Waals surface area contributed by atoms with E-state index >= 15 is 0 Å². The fraction of sp³-hybridized carbons (Fsp3) is 0.889. The van der Waals surface area contributed by atoms with Crippen LogP contribution in [0.4, 0.5) is 8.78 Å². The van der Waals surface area contributed by atoms with Crippen LogP contribution in [0.3, 0.4) is 0 Å². The van der Waals surface area contributed by atoms with Gasteiger partial charge in [-0.25, -0.2) is 13.6 Å². The molecule has 0 saturated heterocycles. The molecule has 0 bridgehead atoms. The number of carbonyl (C=O) groups is 1. The number of esters is 1. The van der Waals surface area contributed by atoms with Crippen molar-refractivity contribution < 1.29 is 28.2 Å². The Morgan fingerprint density at radius 1 is 1.50 bits per heavy atom. The number of halogens is 2. The molecule has 0 aromatic carbocycles. The Labute approximate surface area is 92.7 Å². The summed E-state index contributed by atoms with van der Waals surface area (Å²) in [5.41, 5.74) is 0. The van der Waals surface area contributed by atoms with Gasteiger partial charge >= 0.3 is 5.97 Å². The van der Waals surface area contributed by atoms with Crippen molar-refractivity contribution in [1.29, 1.82) is 0 Å². The van der Waals surface area contributed by atoms with E-state index in [1.165, 1.54) is 0 Å². The number of hydrogen-bond acceptors (Lipinski definition) is 5. The van der Waals surface area contributed by atoms with Crippen LogP contribution in [-0.4, -0.2) is 56.5 Å². The zero-order valence-electron chi connectivity index (χ0n) is 9.17. The van der Waals surface area contributed by atoms with Crippen molar-refractivity contribution >= 4 is 5.97 Å². The Kier molecular flexibility index (Phi) is 7.96. The van der Waals surface area contributed by atoms with Gasteiger partial charge in [0.15, 0.2) is 0 Å².